The molecule has 2 N–H and O–H groups in total. The van der Waals surface area contributed by atoms with Crippen molar-refractivity contribution in [1.29, 1.82) is 0 Å². The molecule has 29 heavy (non-hydrogen) atoms. The first-order chi connectivity index (χ1) is 13.3. The maximum Gasteiger partial charge on any atom is 0.407 e. The van der Waals surface area contributed by atoms with Gasteiger partial charge in [-0.2, -0.15) is 0 Å². The number of nitrogens with one attached hydrogen (secondary N) is 2. The molecule has 164 valence electrons. The van der Waals surface area contributed by atoms with Crippen LogP contribution in [-0.4, -0.2) is 49.7 Å². The van der Waals surface area contributed by atoms with E-state index in [0.717, 1.165) is 4.47 Å². The van der Waals surface area contributed by atoms with Gasteiger partial charge in [-0.05, 0) is 53.7 Å². The molecule has 0 spiro atoms. The van der Waals surface area contributed by atoms with Crippen LogP contribution in [0.1, 0.15) is 41.5 Å². The van der Waals surface area contributed by atoms with Gasteiger partial charge in [-0.1, -0.05) is 15.9 Å². The number of carbonyl (C=O) groups is 2. The lowest BCUT2D eigenvalue weighted by atomic mass is 10.2. The monoisotopic (exact) mass is 474 g/mol. The first-order valence-corrected chi connectivity index (χ1v) is 10.1. The van der Waals surface area contributed by atoms with Crippen molar-refractivity contribution in [2.45, 2.75) is 52.7 Å². The van der Waals surface area contributed by atoms with Gasteiger partial charge >= 0.3 is 12.2 Å². The molecule has 0 aliphatic carbocycles. The van der Waals surface area contributed by atoms with E-state index in [9.17, 15) is 9.59 Å². The van der Waals surface area contributed by atoms with Crippen LogP contribution in [0, 0.1) is 0 Å². The van der Waals surface area contributed by atoms with Crippen molar-refractivity contribution < 1.29 is 28.5 Å². The number of hydrogen-bond donors (Lipinski definition) is 2. The Labute approximate surface area is 180 Å². The molecule has 0 fully saturated rings. The van der Waals surface area contributed by atoms with Gasteiger partial charge in [0.1, 0.15) is 35.9 Å². The van der Waals surface area contributed by atoms with Gasteiger partial charge in [-0.3, -0.25) is 0 Å². The smallest absolute Gasteiger partial charge is 0.407 e. The highest BCUT2D eigenvalue weighted by atomic mass is 79.9. The summed E-state index contributed by atoms with van der Waals surface area (Å²) in [6.45, 7) is 12.0. The molecule has 0 saturated carbocycles. The summed E-state index contributed by atoms with van der Waals surface area (Å²) < 4.78 is 22.4. The lowest BCUT2D eigenvalue weighted by molar-refractivity contribution is 0.0509. The number of benzene rings is 1. The fraction of sp³-hybridized carbons (Fsp3) is 0.600. The average molecular weight is 475 g/mol. The largest absolute Gasteiger partial charge is 0.492 e. The van der Waals surface area contributed by atoms with Crippen molar-refractivity contribution in [3.05, 3.63) is 22.7 Å². The quantitative estimate of drug-likeness (QED) is 0.546. The molecule has 0 aliphatic heterocycles. The lowest BCUT2D eigenvalue weighted by Crippen LogP contribution is -2.34. The molecule has 0 aromatic heterocycles. The molecule has 2 amide bonds. The first-order valence-electron chi connectivity index (χ1n) is 9.34. The molecule has 0 unspecified atom stereocenters. The van der Waals surface area contributed by atoms with Gasteiger partial charge in [-0.25, -0.2) is 9.59 Å². The predicted octanol–water partition coefficient (Wildman–Crippen LogP) is 4.26. The zero-order chi connectivity index (χ0) is 22.1. The van der Waals surface area contributed by atoms with Crippen LogP contribution in [0.5, 0.6) is 11.5 Å². The summed E-state index contributed by atoms with van der Waals surface area (Å²) in [5.41, 5.74) is -1.08. The Morgan fingerprint density at radius 1 is 0.793 bits per heavy atom. The van der Waals surface area contributed by atoms with E-state index in [-0.39, 0.29) is 13.2 Å². The highest BCUT2D eigenvalue weighted by Crippen LogP contribution is 2.26. The summed E-state index contributed by atoms with van der Waals surface area (Å²) in [5, 5.41) is 5.25. The first kappa shape index (κ1) is 24.9. The summed E-state index contributed by atoms with van der Waals surface area (Å²) in [5.74, 6) is 1.17. The van der Waals surface area contributed by atoms with E-state index >= 15 is 0 Å². The molecular weight excluding hydrogens is 444 g/mol. The van der Waals surface area contributed by atoms with Crippen molar-refractivity contribution in [2.75, 3.05) is 26.3 Å². The Morgan fingerprint density at radius 3 is 1.52 bits per heavy atom. The molecule has 0 atom stereocenters. The minimum atomic E-state index is -0.542. The Hall–Kier alpha value is -2.16. The van der Waals surface area contributed by atoms with Crippen molar-refractivity contribution in [2.24, 2.45) is 0 Å². The molecule has 8 nitrogen and oxygen atoms in total. The van der Waals surface area contributed by atoms with Crippen molar-refractivity contribution in [3.63, 3.8) is 0 Å². The van der Waals surface area contributed by atoms with Crippen LogP contribution in [0.15, 0.2) is 22.7 Å². The Morgan fingerprint density at radius 2 is 1.17 bits per heavy atom. The number of amides is 2. The highest BCUT2D eigenvalue weighted by Gasteiger charge is 2.16. The van der Waals surface area contributed by atoms with Gasteiger partial charge in [0.05, 0.1) is 13.1 Å². The van der Waals surface area contributed by atoms with Crippen LogP contribution in [0.3, 0.4) is 0 Å². The molecule has 0 aliphatic rings. The van der Waals surface area contributed by atoms with Gasteiger partial charge in [0.15, 0.2) is 0 Å². The lowest BCUT2D eigenvalue weighted by Gasteiger charge is -2.20. The molecule has 0 saturated heterocycles. The number of alkyl carbamates (subject to hydrolysis) is 2. The number of carbonyl (C=O) groups excluding carboxylic acids is 2. The van der Waals surface area contributed by atoms with Crippen LogP contribution >= 0.6 is 15.9 Å². The van der Waals surface area contributed by atoms with E-state index in [1.165, 1.54) is 0 Å². The van der Waals surface area contributed by atoms with Gasteiger partial charge in [-0.15, -0.1) is 0 Å². The highest BCUT2D eigenvalue weighted by molar-refractivity contribution is 9.10. The minimum Gasteiger partial charge on any atom is -0.492 e. The van der Waals surface area contributed by atoms with E-state index < -0.39 is 23.4 Å². The SMILES string of the molecule is CC(C)(C)OC(=O)NCCOc1cc(Br)cc(OCCNC(=O)OC(C)(C)C)c1. The Balaban J connectivity index is 2.37. The Kier molecular flexibility index (Phi) is 9.55. The van der Waals surface area contributed by atoms with Gasteiger partial charge in [0.25, 0.3) is 0 Å². The average Bonchev–Trinajstić information content (AvgIpc) is 2.52. The predicted molar refractivity (Wildman–Crippen MR) is 114 cm³/mol. The maximum absolute atomic E-state index is 11.6. The zero-order valence-electron chi connectivity index (χ0n) is 17.9. The zero-order valence-corrected chi connectivity index (χ0v) is 19.5. The van der Waals surface area contributed by atoms with E-state index in [0.29, 0.717) is 24.6 Å². The summed E-state index contributed by atoms with van der Waals surface area (Å²) in [6, 6.07) is 5.31. The van der Waals surface area contributed by atoms with Crippen molar-refractivity contribution in [1.82, 2.24) is 10.6 Å². The molecule has 1 aromatic carbocycles. The second-order valence-corrected chi connectivity index (χ2v) is 9.09. The summed E-state index contributed by atoms with van der Waals surface area (Å²) in [6.07, 6.45) is -0.978. The van der Waals surface area contributed by atoms with E-state index in [1.54, 1.807) is 59.7 Å². The summed E-state index contributed by atoms with van der Waals surface area (Å²) >= 11 is 3.40. The molecule has 9 heteroatoms. The fourth-order valence-electron chi connectivity index (χ4n) is 1.98. The molecule has 1 aromatic rings. The molecule has 0 radical (unpaired) electrons. The summed E-state index contributed by atoms with van der Waals surface area (Å²) in [4.78, 5) is 23.2. The standard InChI is InChI=1S/C20H31BrN2O6/c1-19(2,3)28-17(24)22-7-9-26-15-11-14(21)12-16(13-15)27-10-8-23-18(25)29-20(4,5)6/h11-13H,7-10H2,1-6H3,(H,22,24)(H,23,25). The van der Waals surface area contributed by atoms with E-state index in [4.69, 9.17) is 18.9 Å². The van der Waals surface area contributed by atoms with Crippen LogP contribution in [0.4, 0.5) is 9.59 Å². The number of hydrogen-bond acceptors (Lipinski definition) is 6. The minimum absolute atomic E-state index is 0.273. The third-order valence-corrected chi connectivity index (χ3v) is 3.38. The summed E-state index contributed by atoms with van der Waals surface area (Å²) in [7, 11) is 0. The molecule has 1 rings (SSSR count). The maximum atomic E-state index is 11.6. The van der Waals surface area contributed by atoms with Gasteiger partial charge in [0.2, 0.25) is 0 Å². The van der Waals surface area contributed by atoms with Crippen molar-refractivity contribution in [3.8, 4) is 11.5 Å². The van der Waals surface area contributed by atoms with Crippen LogP contribution in [-0.2, 0) is 9.47 Å². The third-order valence-electron chi connectivity index (χ3n) is 2.92. The van der Waals surface area contributed by atoms with Crippen LogP contribution in [0.2, 0.25) is 0 Å². The second kappa shape index (κ2) is 11.1. The van der Waals surface area contributed by atoms with Crippen LogP contribution in [0.25, 0.3) is 0 Å². The molecule has 0 heterocycles. The fourth-order valence-corrected chi connectivity index (χ4v) is 2.43. The number of halogens is 1. The number of rotatable bonds is 8. The second-order valence-electron chi connectivity index (χ2n) is 8.18. The molecule has 0 bridgehead atoms. The normalized spacial score (nSPS) is 11.4. The number of ether oxygens (including phenoxy) is 4. The topological polar surface area (TPSA) is 95.1 Å². The van der Waals surface area contributed by atoms with Crippen LogP contribution < -0.4 is 20.1 Å². The van der Waals surface area contributed by atoms with Crippen molar-refractivity contribution >= 4 is 28.1 Å². The van der Waals surface area contributed by atoms with E-state index in [2.05, 4.69) is 26.6 Å². The Bertz CT molecular complexity index is 628. The van der Waals surface area contributed by atoms with Gasteiger partial charge in [0, 0.05) is 10.5 Å². The third kappa shape index (κ3) is 12.8. The van der Waals surface area contributed by atoms with E-state index in [1.807, 2.05) is 0 Å². The molecular formula is C20H31BrN2O6. The van der Waals surface area contributed by atoms with Gasteiger partial charge < -0.3 is 29.6 Å².